The van der Waals surface area contributed by atoms with Crippen LogP contribution in [0.4, 0.5) is 4.39 Å². The SMILES string of the molecule is CC(=O)COc1cccc(S(=O)c2cccc(F)c2)c1. The number of benzene rings is 2. The first-order valence-corrected chi connectivity index (χ1v) is 7.11. The zero-order valence-corrected chi connectivity index (χ0v) is 11.7. The molecule has 1 unspecified atom stereocenters. The largest absolute Gasteiger partial charge is 0.486 e. The molecule has 20 heavy (non-hydrogen) atoms. The number of rotatable bonds is 5. The Balaban J connectivity index is 2.22. The summed E-state index contributed by atoms with van der Waals surface area (Å²) in [7, 11) is -1.49. The minimum atomic E-state index is -1.49. The Labute approximate surface area is 118 Å². The van der Waals surface area contributed by atoms with Gasteiger partial charge >= 0.3 is 0 Å². The molecule has 0 N–H and O–H groups in total. The maximum absolute atomic E-state index is 13.1. The van der Waals surface area contributed by atoms with E-state index in [4.69, 9.17) is 4.74 Å². The van der Waals surface area contributed by atoms with Crippen LogP contribution in [-0.4, -0.2) is 16.6 Å². The average molecular weight is 292 g/mol. The molecule has 2 aromatic rings. The van der Waals surface area contributed by atoms with Crippen LogP contribution in [0.15, 0.2) is 58.3 Å². The topological polar surface area (TPSA) is 43.4 Å². The summed E-state index contributed by atoms with van der Waals surface area (Å²) < 4.78 is 30.7. The summed E-state index contributed by atoms with van der Waals surface area (Å²) >= 11 is 0. The van der Waals surface area contributed by atoms with Crippen molar-refractivity contribution >= 4 is 16.6 Å². The lowest BCUT2D eigenvalue weighted by molar-refractivity contribution is -0.118. The molecule has 0 spiro atoms. The number of carbonyl (C=O) groups is 1. The molecule has 0 radical (unpaired) electrons. The monoisotopic (exact) mass is 292 g/mol. The summed E-state index contributed by atoms with van der Waals surface area (Å²) in [5, 5.41) is 0. The fourth-order valence-electron chi connectivity index (χ4n) is 1.58. The molecule has 2 aromatic carbocycles. The quantitative estimate of drug-likeness (QED) is 0.851. The van der Waals surface area contributed by atoms with Crippen LogP contribution >= 0.6 is 0 Å². The minimum Gasteiger partial charge on any atom is -0.486 e. The first-order chi connectivity index (χ1) is 9.56. The third-order valence-corrected chi connectivity index (χ3v) is 3.84. The molecule has 0 heterocycles. The van der Waals surface area contributed by atoms with Crippen molar-refractivity contribution in [3.8, 4) is 5.75 Å². The van der Waals surface area contributed by atoms with E-state index in [2.05, 4.69) is 0 Å². The van der Waals surface area contributed by atoms with Crippen molar-refractivity contribution in [2.45, 2.75) is 16.7 Å². The predicted molar refractivity (Wildman–Crippen MR) is 73.7 cm³/mol. The first-order valence-electron chi connectivity index (χ1n) is 5.96. The molecule has 0 saturated heterocycles. The van der Waals surface area contributed by atoms with Crippen LogP contribution in [0.3, 0.4) is 0 Å². The van der Waals surface area contributed by atoms with E-state index in [1.54, 1.807) is 30.3 Å². The Kier molecular flexibility index (Phi) is 4.63. The molecule has 1 atom stereocenters. The van der Waals surface area contributed by atoms with Crippen LogP contribution in [0.1, 0.15) is 6.92 Å². The lowest BCUT2D eigenvalue weighted by atomic mass is 10.3. The fraction of sp³-hybridized carbons (Fsp3) is 0.133. The molecule has 2 rings (SSSR count). The van der Waals surface area contributed by atoms with Crippen molar-refractivity contribution in [3.05, 3.63) is 54.3 Å². The number of carbonyl (C=O) groups excluding carboxylic acids is 1. The van der Waals surface area contributed by atoms with Crippen molar-refractivity contribution in [3.63, 3.8) is 0 Å². The van der Waals surface area contributed by atoms with Crippen molar-refractivity contribution in [2.75, 3.05) is 6.61 Å². The van der Waals surface area contributed by atoms with E-state index in [0.717, 1.165) is 0 Å². The maximum atomic E-state index is 13.1. The molecule has 0 bridgehead atoms. The number of hydrogen-bond acceptors (Lipinski definition) is 3. The van der Waals surface area contributed by atoms with Gasteiger partial charge in [-0.3, -0.25) is 4.79 Å². The number of hydrogen-bond donors (Lipinski definition) is 0. The second-order valence-corrected chi connectivity index (χ2v) is 5.67. The van der Waals surface area contributed by atoms with Gasteiger partial charge in [0.05, 0.1) is 10.8 Å². The van der Waals surface area contributed by atoms with Gasteiger partial charge in [0.1, 0.15) is 18.2 Å². The Morgan fingerprint density at radius 1 is 1.15 bits per heavy atom. The highest BCUT2D eigenvalue weighted by atomic mass is 32.2. The van der Waals surface area contributed by atoms with Gasteiger partial charge < -0.3 is 4.74 Å². The third kappa shape index (κ3) is 3.74. The average Bonchev–Trinajstić information content (AvgIpc) is 2.44. The lowest BCUT2D eigenvalue weighted by Gasteiger charge is -2.07. The second kappa shape index (κ2) is 6.43. The molecule has 0 aromatic heterocycles. The highest BCUT2D eigenvalue weighted by Crippen LogP contribution is 2.21. The van der Waals surface area contributed by atoms with E-state index in [-0.39, 0.29) is 12.4 Å². The summed E-state index contributed by atoms with van der Waals surface area (Å²) in [5.41, 5.74) is 0. The standard InChI is InChI=1S/C15H13FO3S/c1-11(17)10-19-13-5-3-7-15(9-13)20(18)14-6-2-4-12(16)8-14/h2-9H,10H2,1H3. The molecule has 0 saturated carbocycles. The molecular formula is C15H13FO3S. The molecule has 0 fully saturated rings. The molecule has 0 aliphatic rings. The van der Waals surface area contributed by atoms with E-state index < -0.39 is 16.6 Å². The van der Waals surface area contributed by atoms with Crippen molar-refractivity contribution in [1.82, 2.24) is 0 Å². The lowest BCUT2D eigenvalue weighted by Crippen LogP contribution is -2.06. The molecule has 0 aliphatic carbocycles. The summed E-state index contributed by atoms with van der Waals surface area (Å²) in [6.07, 6.45) is 0. The highest BCUT2D eigenvalue weighted by Gasteiger charge is 2.09. The van der Waals surface area contributed by atoms with Gasteiger partial charge in [-0.05, 0) is 43.3 Å². The van der Waals surface area contributed by atoms with Crippen molar-refractivity contribution < 1.29 is 18.1 Å². The first kappa shape index (κ1) is 14.4. The van der Waals surface area contributed by atoms with E-state index in [1.165, 1.54) is 25.1 Å². The zero-order chi connectivity index (χ0) is 14.5. The summed E-state index contributed by atoms with van der Waals surface area (Å²) in [6.45, 7) is 1.39. The van der Waals surface area contributed by atoms with Gasteiger partial charge in [-0.15, -0.1) is 0 Å². The van der Waals surface area contributed by atoms with Crippen LogP contribution in [0.2, 0.25) is 0 Å². The van der Waals surface area contributed by atoms with Crippen LogP contribution in [-0.2, 0) is 15.6 Å². The summed E-state index contributed by atoms with van der Waals surface area (Å²) in [6, 6.07) is 12.3. The fourth-order valence-corrected chi connectivity index (χ4v) is 2.70. The van der Waals surface area contributed by atoms with Gasteiger partial charge in [0.15, 0.2) is 5.78 Å². The van der Waals surface area contributed by atoms with Gasteiger partial charge in [-0.2, -0.15) is 0 Å². The Bertz CT molecular complexity index is 655. The molecule has 3 nitrogen and oxygen atoms in total. The smallest absolute Gasteiger partial charge is 0.167 e. The Hall–Kier alpha value is -2.01. The third-order valence-electron chi connectivity index (χ3n) is 2.47. The van der Waals surface area contributed by atoms with E-state index in [0.29, 0.717) is 15.5 Å². The van der Waals surface area contributed by atoms with E-state index in [1.807, 2.05) is 0 Å². The number of halogens is 1. The summed E-state index contributed by atoms with van der Waals surface area (Å²) in [4.78, 5) is 11.7. The van der Waals surface area contributed by atoms with E-state index >= 15 is 0 Å². The van der Waals surface area contributed by atoms with Crippen LogP contribution in [0.5, 0.6) is 5.75 Å². The number of Topliss-reactive ketones (excluding diaryl/α,β-unsaturated/α-hetero) is 1. The van der Waals surface area contributed by atoms with Crippen molar-refractivity contribution in [1.29, 1.82) is 0 Å². The normalized spacial score (nSPS) is 11.9. The van der Waals surface area contributed by atoms with Crippen LogP contribution < -0.4 is 4.74 Å². The van der Waals surface area contributed by atoms with Gasteiger partial charge in [0.2, 0.25) is 0 Å². The Morgan fingerprint density at radius 3 is 2.45 bits per heavy atom. The van der Waals surface area contributed by atoms with Crippen LogP contribution in [0.25, 0.3) is 0 Å². The van der Waals surface area contributed by atoms with Gasteiger partial charge in [0.25, 0.3) is 0 Å². The number of ketones is 1. The van der Waals surface area contributed by atoms with Gasteiger partial charge in [-0.1, -0.05) is 12.1 Å². The van der Waals surface area contributed by atoms with Crippen LogP contribution in [0, 0.1) is 5.82 Å². The zero-order valence-electron chi connectivity index (χ0n) is 10.8. The number of ether oxygens (including phenoxy) is 1. The molecule has 0 amide bonds. The molecule has 0 aliphatic heterocycles. The van der Waals surface area contributed by atoms with Crippen molar-refractivity contribution in [2.24, 2.45) is 0 Å². The molecule has 104 valence electrons. The second-order valence-electron chi connectivity index (χ2n) is 4.19. The van der Waals surface area contributed by atoms with Gasteiger partial charge in [0, 0.05) is 9.79 Å². The summed E-state index contributed by atoms with van der Waals surface area (Å²) in [5.74, 6) is -0.0658. The Morgan fingerprint density at radius 2 is 1.80 bits per heavy atom. The molecule has 5 heteroatoms. The van der Waals surface area contributed by atoms with E-state index in [9.17, 15) is 13.4 Å². The predicted octanol–water partition coefficient (Wildman–Crippen LogP) is 2.96. The maximum Gasteiger partial charge on any atom is 0.167 e. The molecular weight excluding hydrogens is 279 g/mol. The highest BCUT2D eigenvalue weighted by molar-refractivity contribution is 7.85. The minimum absolute atomic E-state index is 0.0317. The van der Waals surface area contributed by atoms with Gasteiger partial charge in [-0.25, -0.2) is 8.60 Å².